The maximum atomic E-state index is 13.0. The number of rotatable bonds is 11. The molecule has 172 valence electrons. The fraction of sp³-hybridized carbons (Fsp3) is 0.375. The van der Waals surface area contributed by atoms with Crippen molar-refractivity contribution in [3.63, 3.8) is 0 Å². The zero-order valence-corrected chi connectivity index (χ0v) is 18.3. The molecule has 4 atom stereocenters. The molecule has 32 heavy (non-hydrogen) atoms. The fourth-order valence-electron chi connectivity index (χ4n) is 3.18. The highest BCUT2D eigenvalue weighted by atomic mass is 16.4. The van der Waals surface area contributed by atoms with Crippen LogP contribution >= 0.6 is 0 Å². The second-order valence-electron chi connectivity index (χ2n) is 7.93. The van der Waals surface area contributed by atoms with E-state index in [0.717, 1.165) is 5.56 Å². The van der Waals surface area contributed by atoms with E-state index in [2.05, 4.69) is 10.6 Å². The van der Waals surface area contributed by atoms with Crippen LogP contribution in [0.3, 0.4) is 0 Å². The van der Waals surface area contributed by atoms with Gasteiger partial charge in [0.2, 0.25) is 11.8 Å². The molecule has 6 N–H and O–H groups in total. The Kier molecular flexibility index (Phi) is 9.22. The van der Waals surface area contributed by atoms with Gasteiger partial charge in [0.05, 0.1) is 6.04 Å². The minimum atomic E-state index is -1.17. The van der Waals surface area contributed by atoms with Crippen LogP contribution < -0.4 is 16.4 Å². The van der Waals surface area contributed by atoms with Gasteiger partial charge in [0, 0.05) is 12.8 Å². The van der Waals surface area contributed by atoms with Crippen molar-refractivity contribution < 1.29 is 24.6 Å². The smallest absolute Gasteiger partial charge is 0.326 e. The summed E-state index contributed by atoms with van der Waals surface area (Å²) in [6.07, 6.45) is 0.915. The zero-order chi connectivity index (χ0) is 23.7. The molecule has 0 aliphatic carbocycles. The molecule has 0 saturated carbocycles. The predicted octanol–water partition coefficient (Wildman–Crippen LogP) is 1.61. The Morgan fingerprint density at radius 2 is 1.41 bits per heavy atom. The number of hydrogen-bond acceptors (Lipinski definition) is 5. The number of nitrogens with two attached hydrogens (primary N) is 1. The summed E-state index contributed by atoms with van der Waals surface area (Å²) in [6.45, 7) is 3.76. The Hall–Kier alpha value is -3.39. The third-order valence-electron chi connectivity index (χ3n) is 5.47. The monoisotopic (exact) mass is 441 g/mol. The van der Waals surface area contributed by atoms with E-state index in [1.54, 1.807) is 36.4 Å². The van der Waals surface area contributed by atoms with Crippen molar-refractivity contribution >= 4 is 17.8 Å². The molecule has 8 heteroatoms. The van der Waals surface area contributed by atoms with E-state index in [4.69, 9.17) is 5.73 Å². The summed E-state index contributed by atoms with van der Waals surface area (Å²) >= 11 is 0. The number of amides is 2. The molecule has 8 nitrogen and oxygen atoms in total. The van der Waals surface area contributed by atoms with Crippen LogP contribution in [0.2, 0.25) is 0 Å². The standard InChI is InChI=1S/C24H31N3O5/c1-3-15(2)21(25)23(30)26-19(13-17-9-11-18(28)12-10-17)22(29)27-20(24(31)32)14-16-7-5-4-6-8-16/h4-12,15,19-21,28H,3,13-14,25H2,1-2H3,(H,26,30)(H,27,29)(H,31,32). The van der Waals surface area contributed by atoms with Crippen molar-refractivity contribution in [3.8, 4) is 5.75 Å². The molecule has 2 aromatic carbocycles. The lowest BCUT2D eigenvalue weighted by Crippen LogP contribution is -2.56. The number of carboxylic acids is 1. The lowest BCUT2D eigenvalue weighted by atomic mass is 9.98. The first-order chi connectivity index (χ1) is 15.2. The Morgan fingerprint density at radius 1 is 0.875 bits per heavy atom. The van der Waals surface area contributed by atoms with Crippen molar-refractivity contribution in [1.82, 2.24) is 10.6 Å². The highest BCUT2D eigenvalue weighted by Gasteiger charge is 2.29. The van der Waals surface area contributed by atoms with E-state index in [1.165, 1.54) is 12.1 Å². The normalized spacial score (nSPS) is 14.6. The molecule has 2 amide bonds. The molecule has 0 aliphatic rings. The van der Waals surface area contributed by atoms with E-state index in [1.807, 2.05) is 19.9 Å². The molecule has 0 spiro atoms. The van der Waals surface area contributed by atoms with Crippen molar-refractivity contribution in [2.45, 2.75) is 51.2 Å². The molecule has 4 unspecified atom stereocenters. The maximum Gasteiger partial charge on any atom is 0.326 e. The van der Waals surface area contributed by atoms with Gasteiger partial charge in [-0.25, -0.2) is 4.79 Å². The number of nitrogens with one attached hydrogen (secondary N) is 2. The summed E-state index contributed by atoms with van der Waals surface area (Å²) < 4.78 is 0. The van der Waals surface area contributed by atoms with Gasteiger partial charge >= 0.3 is 5.97 Å². The molecule has 0 aliphatic heterocycles. The maximum absolute atomic E-state index is 13.0. The van der Waals surface area contributed by atoms with Crippen molar-refractivity contribution in [1.29, 1.82) is 0 Å². The lowest BCUT2D eigenvalue weighted by molar-refractivity contribution is -0.142. The Bertz CT molecular complexity index is 902. The number of phenols is 1. The molecule has 0 aromatic heterocycles. The second-order valence-corrected chi connectivity index (χ2v) is 7.93. The van der Waals surface area contributed by atoms with Crippen molar-refractivity contribution in [3.05, 3.63) is 65.7 Å². The third-order valence-corrected chi connectivity index (χ3v) is 5.47. The molecule has 0 radical (unpaired) electrons. The molecule has 0 fully saturated rings. The molecule has 0 heterocycles. The molecular weight excluding hydrogens is 410 g/mol. The summed E-state index contributed by atoms with van der Waals surface area (Å²) in [5, 5.41) is 24.3. The zero-order valence-electron chi connectivity index (χ0n) is 18.3. The van der Waals surface area contributed by atoms with Gasteiger partial charge in [-0.1, -0.05) is 62.7 Å². The lowest BCUT2D eigenvalue weighted by Gasteiger charge is -2.24. The highest BCUT2D eigenvalue weighted by Crippen LogP contribution is 2.13. The van der Waals surface area contributed by atoms with Crippen LogP contribution in [0.4, 0.5) is 0 Å². The van der Waals surface area contributed by atoms with E-state index in [-0.39, 0.29) is 24.5 Å². The van der Waals surface area contributed by atoms with Gasteiger partial charge in [-0.15, -0.1) is 0 Å². The van der Waals surface area contributed by atoms with E-state index < -0.39 is 35.9 Å². The highest BCUT2D eigenvalue weighted by molar-refractivity contribution is 5.92. The van der Waals surface area contributed by atoms with Crippen LogP contribution in [-0.2, 0) is 27.2 Å². The number of hydrogen-bond donors (Lipinski definition) is 5. The van der Waals surface area contributed by atoms with Crippen LogP contribution in [0.25, 0.3) is 0 Å². The third kappa shape index (κ3) is 7.39. The summed E-state index contributed by atoms with van der Waals surface area (Å²) in [6, 6.07) is 12.2. The topological polar surface area (TPSA) is 142 Å². The molecule has 0 bridgehead atoms. The number of aromatic hydroxyl groups is 1. The van der Waals surface area contributed by atoms with Gasteiger partial charge < -0.3 is 26.6 Å². The largest absolute Gasteiger partial charge is 0.508 e. The predicted molar refractivity (Wildman–Crippen MR) is 121 cm³/mol. The summed E-state index contributed by atoms with van der Waals surface area (Å²) in [5.41, 5.74) is 7.47. The van der Waals surface area contributed by atoms with Gasteiger partial charge in [0.15, 0.2) is 0 Å². The first-order valence-corrected chi connectivity index (χ1v) is 10.6. The average molecular weight is 442 g/mol. The summed E-state index contributed by atoms with van der Waals surface area (Å²) in [5.74, 6) is -2.28. The first-order valence-electron chi connectivity index (χ1n) is 10.6. The number of carbonyl (C=O) groups is 3. The van der Waals surface area contributed by atoms with Crippen LogP contribution in [0, 0.1) is 5.92 Å². The van der Waals surface area contributed by atoms with E-state index >= 15 is 0 Å². The van der Waals surface area contributed by atoms with Crippen LogP contribution in [0.15, 0.2) is 54.6 Å². The minimum absolute atomic E-state index is 0.0754. The number of carbonyl (C=O) groups excluding carboxylic acids is 2. The quantitative estimate of drug-likeness (QED) is 0.359. The number of carboxylic acid groups (broad SMARTS) is 1. The first kappa shape index (κ1) is 24.9. The van der Waals surface area contributed by atoms with Crippen LogP contribution in [0.5, 0.6) is 5.75 Å². The summed E-state index contributed by atoms with van der Waals surface area (Å²) in [7, 11) is 0. The minimum Gasteiger partial charge on any atom is -0.508 e. The number of phenolic OH excluding ortho intramolecular Hbond substituents is 1. The molecular formula is C24H31N3O5. The Balaban J connectivity index is 2.19. The Labute approximate surface area is 187 Å². The average Bonchev–Trinajstić information content (AvgIpc) is 2.78. The molecule has 0 saturated heterocycles. The van der Waals surface area contributed by atoms with Crippen LogP contribution in [0.1, 0.15) is 31.4 Å². The summed E-state index contributed by atoms with van der Waals surface area (Å²) in [4.78, 5) is 37.4. The van der Waals surface area contributed by atoms with Gasteiger partial charge in [-0.3, -0.25) is 9.59 Å². The Morgan fingerprint density at radius 3 is 1.97 bits per heavy atom. The van der Waals surface area contributed by atoms with Crippen LogP contribution in [-0.4, -0.2) is 46.1 Å². The van der Waals surface area contributed by atoms with Gasteiger partial charge in [0.1, 0.15) is 17.8 Å². The van der Waals surface area contributed by atoms with E-state index in [9.17, 15) is 24.6 Å². The van der Waals surface area contributed by atoms with Gasteiger partial charge in [-0.05, 0) is 29.2 Å². The second kappa shape index (κ2) is 11.9. The van der Waals surface area contributed by atoms with E-state index in [0.29, 0.717) is 12.0 Å². The fourth-order valence-corrected chi connectivity index (χ4v) is 3.18. The molecule has 2 aromatic rings. The number of aliphatic carboxylic acids is 1. The molecule has 2 rings (SSSR count). The van der Waals surface area contributed by atoms with Crippen molar-refractivity contribution in [2.75, 3.05) is 0 Å². The van der Waals surface area contributed by atoms with Gasteiger partial charge in [-0.2, -0.15) is 0 Å². The van der Waals surface area contributed by atoms with Crippen molar-refractivity contribution in [2.24, 2.45) is 11.7 Å². The van der Waals surface area contributed by atoms with Gasteiger partial charge in [0.25, 0.3) is 0 Å². The number of benzene rings is 2. The SMILES string of the molecule is CCC(C)C(N)C(=O)NC(Cc1ccc(O)cc1)C(=O)NC(Cc1ccccc1)C(=O)O.